The second-order valence-electron chi connectivity index (χ2n) is 6.25. The zero-order valence-electron chi connectivity index (χ0n) is 16.0. The lowest BCUT2D eigenvalue weighted by Crippen LogP contribution is -2.27. The highest BCUT2D eigenvalue weighted by Gasteiger charge is 2.21. The van der Waals surface area contributed by atoms with E-state index < -0.39 is 0 Å². The van der Waals surface area contributed by atoms with Gasteiger partial charge in [0.15, 0.2) is 0 Å². The molecule has 0 aliphatic heterocycles. The number of rotatable bonds is 5. The summed E-state index contributed by atoms with van der Waals surface area (Å²) in [6, 6.07) is 21.5. The first-order valence-corrected chi connectivity index (χ1v) is 8.72. The van der Waals surface area contributed by atoms with E-state index in [-0.39, 0.29) is 5.91 Å². The van der Waals surface area contributed by atoms with Crippen molar-refractivity contribution >= 4 is 11.6 Å². The monoisotopic (exact) mass is 361 g/mol. The van der Waals surface area contributed by atoms with Crippen molar-refractivity contribution < 1.29 is 14.3 Å². The van der Waals surface area contributed by atoms with Crippen LogP contribution in [-0.2, 0) is 0 Å². The molecule has 3 aromatic carbocycles. The third-order valence-corrected chi connectivity index (χ3v) is 4.67. The Labute approximate surface area is 160 Å². The topological polar surface area (TPSA) is 38.8 Å². The number of methoxy groups -OCH3 is 2. The fraction of sp³-hybridized carbons (Fsp3) is 0.174. The maximum Gasteiger partial charge on any atom is 0.258 e. The summed E-state index contributed by atoms with van der Waals surface area (Å²) in [6.07, 6.45) is 0. The Bertz CT molecular complexity index is 951. The summed E-state index contributed by atoms with van der Waals surface area (Å²) in [6.45, 7) is 1.88. The second-order valence-corrected chi connectivity index (χ2v) is 6.25. The molecule has 0 radical (unpaired) electrons. The molecule has 0 aliphatic carbocycles. The number of carbonyl (C=O) groups excluding carboxylic acids is 1. The molecule has 3 aromatic rings. The number of benzene rings is 3. The molecule has 3 rings (SSSR count). The summed E-state index contributed by atoms with van der Waals surface area (Å²) >= 11 is 0. The third kappa shape index (κ3) is 3.65. The van der Waals surface area contributed by atoms with E-state index >= 15 is 0 Å². The molecule has 4 nitrogen and oxygen atoms in total. The van der Waals surface area contributed by atoms with Gasteiger partial charge in [-0.1, -0.05) is 48.5 Å². The van der Waals surface area contributed by atoms with Crippen molar-refractivity contribution in [2.45, 2.75) is 6.92 Å². The minimum Gasteiger partial charge on any atom is -0.497 e. The van der Waals surface area contributed by atoms with Crippen LogP contribution in [0.4, 0.5) is 5.69 Å². The summed E-state index contributed by atoms with van der Waals surface area (Å²) in [5, 5.41) is 0. The smallest absolute Gasteiger partial charge is 0.258 e. The molecule has 1 amide bonds. The lowest BCUT2D eigenvalue weighted by atomic mass is 10.0. The van der Waals surface area contributed by atoms with Crippen molar-refractivity contribution in [1.29, 1.82) is 0 Å². The zero-order valence-corrected chi connectivity index (χ0v) is 16.0. The number of hydrogen-bond donors (Lipinski definition) is 0. The van der Waals surface area contributed by atoms with Crippen LogP contribution in [0.3, 0.4) is 0 Å². The lowest BCUT2D eigenvalue weighted by Gasteiger charge is -2.23. The Kier molecular flexibility index (Phi) is 5.46. The van der Waals surface area contributed by atoms with Gasteiger partial charge in [0.25, 0.3) is 5.91 Å². The van der Waals surface area contributed by atoms with Crippen molar-refractivity contribution in [3.63, 3.8) is 0 Å². The van der Waals surface area contributed by atoms with Crippen LogP contribution in [0, 0.1) is 6.92 Å². The highest BCUT2D eigenvalue weighted by Crippen LogP contribution is 2.33. The molecule has 0 aromatic heterocycles. The molecular formula is C23H23NO3. The van der Waals surface area contributed by atoms with E-state index in [0.717, 1.165) is 22.4 Å². The van der Waals surface area contributed by atoms with Crippen molar-refractivity contribution in [2.75, 3.05) is 26.2 Å². The Morgan fingerprint density at radius 3 is 2.22 bits per heavy atom. The molecule has 0 N–H and O–H groups in total. The van der Waals surface area contributed by atoms with Crippen LogP contribution in [-0.4, -0.2) is 27.2 Å². The molecule has 0 aliphatic rings. The van der Waals surface area contributed by atoms with E-state index in [1.807, 2.05) is 61.5 Å². The number of carbonyl (C=O) groups is 1. The van der Waals surface area contributed by atoms with Crippen LogP contribution in [0.15, 0.2) is 66.7 Å². The van der Waals surface area contributed by atoms with Crippen LogP contribution in [0.1, 0.15) is 15.9 Å². The molecule has 0 unspecified atom stereocenters. The van der Waals surface area contributed by atoms with E-state index in [1.165, 1.54) is 0 Å². The normalized spacial score (nSPS) is 10.4. The number of anilines is 1. The van der Waals surface area contributed by atoms with E-state index in [1.54, 1.807) is 38.3 Å². The van der Waals surface area contributed by atoms with Gasteiger partial charge in [-0.3, -0.25) is 4.79 Å². The van der Waals surface area contributed by atoms with Gasteiger partial charge in [0, 0.05) is 24.2 Å². The van der Waals surface area contributed by atoms with E-state index in [2.05, 4.69) is 0 Å². The summed E-state index contributed by atoms with van der Waals surface area (Å²) in [7, 11) is 4.95. The van der Waals surface area contributed by atoms with Gasteiger partial charge >= 0.3 is 0 Å². The maximum atomic E-state index is 13.3. The van der Waals surface area contributed by atoms with Gasteiger partial charge in [-0.25, -0.2) is 0 Å². The van der Waals surface area contributed by atoms with Gasteiger partial charge in [0.05, 0.1) is 25.5 Å². The third-order valence-electron chi connectivity index (χ3n) is 4.67. The van der Waals surface area contributed by atoms with Gasteiger partial charge in [-0.15, -0.1) is 0 Å². The quantitative estimate of drug-likeness (QED) is 0.645. The molecule has 0 heterocycles. The fourth-order valence-electron chi connectivity index (χ4n) is 3.13. The predicted molar refractivity (Wildman–Crippen MR) is 109 cm³/mol. The van der Waals surface area contributed by atoms with Crippen LogP contribution in [0.2, 0.25) is 0 Å². The minimum absolute atomic E-state index is 0.118. The van der Waals surface area contributed by atoms with Crippen molar-refractivity contribution in [3.8, 4) is 22.6 Å². The Balaban J connectivity index is 2.06. The Hall–Kier alpha value is -3.27. The molecule has 0 bridgehead atoms. The molecule has 0 atom stereocenters. The first-order valence-electron chi connectivity index (χ1n) is 8.72. The van der Waals surface area contributed by atoms with E-state index in [0.29, 0.717) is 17.1 Å². The zero-order chi connectivity index (χ0) is 19.4. The highest BCUT2D eigenvalue weighted by atomic mass is 16.5. The Morgan fingerprint density at radius 2 is 1.56 bits per heavy atom. The number of para-hydroxylation sites is 1. The molecule has 27 heavy (non-hydrogen) atoms. The first kappa shape index (κ1) is 18.5. The summed E-state index contributed by atoms with van der Waals surface area (Å²) in [5.74, 6) is 1.10. The van der Waals surface area contributed by atoms with Gasteiger partial charge in [-0.05, 0) is 24.6 Å². The van der Waals surface area contributed by atoms with Crippen molar-refractivity contribution in [2.24, 2.45) is 0 Å². The van der Waals surface area contributed by atoms with E-state index in [4.69, 9.17) is 9.47 Å². The minimum atomic E-state index is -0.118. The predicted octanol–water partition coefficient (Wildman–Crippen LogP) is 4.96. The summed E-state index contributed by atoms with van der Waals surface area (Å²) in [4.78, 5) is 15.0. The SMILES string of the molecule is COc1cc(OC)c(C)c(C(=O)N(C)c2ccccc2-c2ccccc2)c1. The molecule has 0 saturated heterocycles. The van der Waals surface area contributed by atoms with Gasteiger partial charge < -0.3 is 14.4 Å². The molecular weight excluding hydrogens is 338 g/mol. The lowest BCUT2D eigenvalue weighted by molar-refractivity contribution is 0.0991. The van der Waals surface area contributed by atoms with Gasteiger partial charge in [0.2, 0.25) is 0 Å². The fourth-order valence-corrected chi connectivity index (χ4v) is 3.13. The largest absolute Gasteiger partial charge is 0.497 e. The molecule has 4 heteroatoms. The van der Waals surface area contributed by atoms with Crippen LogP contribution >= 0.6 is 0 Å². The summed E-state index contributed by atoms with van der Waals surface area (Å²) in [5.41, 5.74) is 4.24. The second kappa shape index (κ2) is 7.96. The number of ether oxygens (including phenoxy) is 2. The number of amides is 1. The first-order chi connectivity index (χ1) is 13.1. The standard InChI is InChI=1S/C23H23NO3/c1-16-20(14-18(26-3)15-22(16)27-4)23(25)24(2)21-13-9-8-12-19(21)17-10-6-5-7-11-17/h5-15H,1-4H3. The molecule has 138 valence electrons. The highest BCUT2D eigenvalue weighted by molar-refractivity contribution is 6.09. The van der Waals surface area contributed by atoms with Crippen LogP contribution < -0.4 is 14.4 Å². The van der Waals surface area contributed by atoms with Crippen molar-refractivity contribution in [3.05, 3.63) is 77.9 Å². The Morgan fingerprint density at radius 1 is 0.889 bits per heavy atom. The van der Waals surface area contributed by atoms with E-state index in [9.17, 15) is 4.79 Å². The van der Waals surface area contributed by atoms with Crippen LogP contribution in [0.25, 0.3) is 11.1 Å². The van der Waals surface area contributed by atoms with Gasteiger partial charge in [-0.2, -0.15) is 0 Å². The maximum absolute atomic E-state index is 13.3. The van der Waals surface area contributed by atoms with Crippen LogP contribution in [0.5, 0.6) is 11.5 Å². The summed E-state index contributed by atoms with van der Waals surface area (Å²) < 4.78 is 10.7. The molecule has 0 saturated carbocycles. The number of hydrogen-bond acceptors (Lipinski definition) is 3. The number of nitrogens with zero attached hydrogens (tertiary/aromatic N) is 1. The molecule has 0 fully saturated rings. The average molecular weight is 361 g/mol. The average Bonchev–Trinajstić information content (AvgIpc) is 2.73. The van der Waals surface area contributed by atoms with Crippen molar-refractivity contribution in [1.82, 2.24) is 0 Å². The molecule has 0 spiro atoms. The van der Waals surface area contributed by atoms with Gasteiger partial charge in [0.1, 0.15) is 11.5 Å².